The monoisotopic (exact) mass is 219 g/mol. The first-order valence-corrected chi connectivity index (χ1v) is 4.38. The van der Waals surface area contributed by atoms with Crippen molar-refractivity contribution in [3.05, 3.63) is 17.8 Å². The Labute approximate surface area is 80.4 Å². The van der Waals surface area contributed by atoms with Gasteiger partial charge in [-0.2, -0.15) is 13.2 Å². The highest BCUT2D eigenvalue weighted by Gasteiger charge is 2.33. The van der Waals surface area contributed by atoms with Crippen molar-refractivity contribution in [2.45, 2.75) is 6.18 Å². The van der Waals surface area contributed by atoms with Crippen LogP contribution in [-0.2, 0) is 6.18 Å². The largest absolute Gasteiger partial charge is 0.417 e. The zero-order valence-electron chi connectivity index (χ0n) is 6.67. The summed E-state index contributed by atoms with van der Waals surface area (Å²) in [5.74, 6) is 0. The number of hydrogen-bond donors (Lipinski definition) is 1. The fourth-order valence-electron chi connectivity index (χ4n) is 1.07. The smallest absolute Gasteiger partial charge is 0.375 e. The summed E-state index contributed by atoms with van der Waals surface area (Å²) in [5.41, 5.74) is 4.61. The van der Waals surface area contributed by atoms with Gasteiger partial charge >= 0.3 is 6.18 Å². The van der Waals surface area contributed by atoms with E-state index in [0.717, 1.165) is 23.6 Å². The molecule has 2 heterocycles. The van der Waals surface area contributed by atoms with Crippen molar-refractivity contribution in [1.29, 1.82) is 0 Å². The van der Waals surface area contributed by atoms with Crippen LogP contribution in [0.2, 0.25) is 0 Å². The molecule has 0 radical (unpaired) electrons. The molecule has 2 aromatic rings. The molecule has 0 amide bonds. The average Bonchev–Trinajstić information content (AvgIpc) is 2.41. The number of nitrogen functional groups attached to an aromatic ring is 1. The first-order valence-electron chi connectivity index (χ1n) is 3.56. The fraction of sp³-hybridized carbons (Fsp3) is 0.143. The Kier molecular flexibility index (Phi) is 1.84. The molecule has 0 spiro atoms. The highest BCUT2D eigenvalue weighted by molar-refractivity contribution is 7.22. The maximum Gasteiger partial charge on any atom is 0.417 e. The Balaban J connectivity index is 2.77. The van der Waals surface area contributed by atoms with Crippen LogP contribution in [0.1, 0.15) is 5.56 Å². The highest BCUT2D eigenvalue weighted by atomic mass is 32.1. The van der Waals surface area contributed by atoms with Crippen LogP contribution in [0, 0.1) is 0 Å². The molecule has 0 saturated heterocycles. The van der Waals surface area contributed by atoms with E-state index in [-0.39, 0.29) is 15.5 Å². The van der Waals surface area contributed by atoms with Crippen LogP contribution in [0.25, 0.3) is 10.3 Å². The summed E-state index contributed by atoms with van der Waals surface area (Å²) >= 11 is 0.790. The van der Waals surface area contributed by atoms with Crippen LogP contribution in [-0.4, -0.2) is 9.97 Å². The van der Waals surface area contributed by atoms with Crippen LogP contribution in [0.3, 0.4) is 0 Å². The zero-order chi connectivity index (χ0) is 10.3. The van der Waals surface area contributed by atoms with E-state index in [9.17, 15) is 13.2 Å². The van der Waals surface area contributed by atoms with Crippen molar-refractivity contribution in [3.8, 4) is 0 Å². The maximum absolute atomic E-state index is 12.4. The molecule has 0 saturated carbocycles. The minimum atomic E-state index is -4.39. The minimum Gasteiger partial charge on any atom is -0.375 e. The van der Waals surface area contributed by atoms with Gasteiger partial charge in [-0.3, -0.25) is 0 Å². The number of pyridine rings is 1. The fourth-order valence-corrected chi connectivity index (χ4v) is 1.90. The lowest BCUT2D eigenvalue weighted by Crippen LogP contribution is -2.04. The van der Waals surface area contributed by atoms with Gasteiger partial charge in [0.1, 0.15) is 0 Å². The highest BCUT2D eigenvalue weighted by Crippen LogP contribution is 2.36. The van der Waals surface area contributed by atoms with Gasteiger partial charge in [-0.25, -0.2) is 9.97 Å². The van der Waals surface area contributed by atoms with Crippen molar-refractivity contribution in [1.82, 2.24) is 9.97 Å². The van der Waals surface area contributed by atoms with Crippen LogP contribution >= 0.6 is 11.3 Å². The van der Waals surface area contributed by atoms with E-state index in [1.165, 1.54) is 0 Å². The summed E-state index contributed by atoms with van der Waals surface area (Å²) in [5, 5.41) is 0.0872. The molecule has 0 fully saturated rings. The summed E-state index contributed by atoms with van der Waals surface area (Å²) in [6.45, 7) is 0. The third-order valence-corrected chi connectivity index (χ3v) is 2.52. The van der Waals surface area contributed by atoms with Gasteiger partial charge in [0.15, 0.2) is 10.8 Å². The van der Waals surface area contributed by atoms with E-state index >= 15 is 0 Å². The molecule has 0 aliphatic carbocycles. The Morgan fingerprint density at radius 3 is 2.71 bits per heavy atom. The van der Waals surface area contributed by atoms with Crippen molar-refractivity contribution in [2.24, 2.45) is 0 Å². The first kappa shape index (κ1) is 9.20. The normalized spacial score (nSPS) is 12.2. The van der Waals surface area contributed by atoms with Gasteiger partial charge < -0.3 is 5.73 Å². The molecular weight excluding hydrogens is 215 g/mol. The molecule has 0 bridgehead atoms. The van der Waals surface area contributed by atoms with E-state index in [0.29, 0.717) is 0 Å². The molecule has 0 unspecified atom stereocenters. The molecular formula is C7H4F3N3S. The van der Waals surface area contributed by atoms with Gasteiger partial charge in [0.2, 0.25) is 0 Å². The first-order chi connectivity index (χ1) is 6.48. The number of fused-ring (bicyclic) bond motifs is 1. The molecule has 0 atom stereocenters. The van der Waals surface area contributed by atoms with E-state index in [4.69, 9.17) is 5.73 Å². The van der Waals surface area contributed by atoms with Crippen LogP contribution in [0.4, 0.5) is 18.3 Å². The minimum absolute atomic E-state index is 0.0162. The van der Waals surface area contributed by atoms with E-state index in [1.807, 2.05) is 0 Å². The summed E-state index contributed by atoms with van der Waals surface area (Å²) in [6.07, 6.45) is -3.31. The number of halogens is 3. The molecule has 14 heavy (non-hydrogen) atoms. The van der Waals surface area contributed by atoms with Crippen LogP contribution < -0.4 is 5.73 Å². The zero-order valence-corrected chi connectivity index (χ0v) is 7.49. The number of rotatable bonds is 0. The van der Waals surface area contributed by atoms with Gasteiger partial charge in [0.25, 0.3) is 0 Å². The topological polar surface area (TPSA) is 51.8 Å². The van der Waals surface area contributed by atoms with E-state index < -0.39 is 11.7 Å². The number of aromatic nitrogens is 2. The van der Waals surface area contributed by atoms with Crippen LogP contribution in [0.15, 0.2) is 12.3 Å². The Hall–Kier alpha value is -1.37. The second kappa shape index (κ2) is 2.81. The van der Waals surface area contributed by atoms with Crippen molar-refractivity contribution in [2.75, 3.05) is 5.73 Å². The predicted molar refractivity (Wildman–Crippen MR) is 46.8 cm³/mol. The lowest BCUT2D eigenvalue weighted by molar-refractivity contribution is -0.136. The Bertz CT molecular complexity index is 476. The molecule has 3 nitrogen and oxygen atoms in total. The molecule has 2 aromatic heterocycles. The van der Waals surface area contributed by atoms with Gasteiger partial charge in [-0.15, -0.1) is 0 Å². The van der Waals surface area contributed by atoms with E-state index in [1.54, 1.807) is 0 Å². The molecule has 0 aromatic carbocycles. The Morgan fingerprint density at radius 1 is 1.36 bits per heavy atom. The molecule has 2 N–H and O–H groups in total. The molecule has 0 aliphatic heterocycles. The standard InChI is InChI=1S/C7H4F3N3S/c8-7(9,10)3-1-2-12-5-4(3)14-6(11)13-5/h1-2H,(H2,11,12,13). The number of alkyl halides is 3. The summed E-state index contributed by atoms with van der Waals surface area (Å²) in [7, 11) is 0. The maximum atomic E-state index is 12.4. The molecule has 2 rings (SSSR count). The number of anilines is 1. The number of hydrogen-bond acceptors (Lipinski definition) is 4. The van der Waals surface area contributed by atoms with Gasteiger partial charge in [-0.1, -0.05) is 11.3 Å². The summed E-state index contributed by atoms with van der Waals surface area (Å²) < 4.78 is 37.3. The van der Waals surface area contributed by atoms with Crippen molar-refractivity contribution in [3.63, 3.8) is 0 Å². The predicted octanol–water partition coefficient (Wildman–Crippen LogP) is 2.29. The lowest BCUT2D eigenvalue weighted by atomic mass is 10.2. The third-order valence-electron chi connectivity index (χ3n) is 1.61. The van der Waals surface area contributed by atoms with E-state index in [2.05, 4.69) is 9.97 Å². The number of nitrogens with zero attached hydrogens (tertiary/aromatic N) is 2. The molecule has 74 valence electrons. The molecule has 7 heteroatoms. The van der Waals surface area contributed by atoms with Gasteiger partial charge in [-0.05, 0) is 6.07 Å². The second-order valence-electron chi connectivity index (χ2n) is 2.56. The summed E-state index contributed by atoms with van der Waals surface area (Å²) in [4.78, 5) is 7.37. The average molecular weight is 219 g/mol. The quantitative estimate of drug-likeness (QED) is 0.739. The summed E-state index contributed by atoms with van der Waals surface area (Å²) in [6, 6.07) is 0.917. The SMILES string of the molecule is Nc1nc2nccc(C(F)(F)F)c2s1. The number of thiazole rings is 1. The Morgan fingerprint density at radius 2 is 2.07 bits per heavy atom. The van der Waals surface area contributed by atoms with Crippen molar-refractivity contribution >= 4 is 26.8 Å². The lowest BCUT2D eigenvalue weighted by Gasteiger charge is -2.05. The van der Waals surface area contributed by atoms with Crippen LogP contribution in [0.5, 0.6) is 0 Å². The van der Waals surface area contributed by atoms with Gasteiger partial charge in [0.05, 0.1) is 10.3 Å². The molecule has 0 aliphatic rings. The number of nitrogens with two attached hydrogens (primary N) is 1. The third kappa shape index (κ3) is 1.39. The van der Waals surface area contributed by atoms with Gasteiger partial charge in [0, 0.05) is 6.20 Å². The second-order valence-corrected chi connectivity index (χ2v) is 3.59. The van der Waals surface area contributed by atoms with Crippen molar-refractivity contribution < 1.29 is 13.2 Å².